The fourth-order valence-corrected chi connectivity index (χ4v) is 6.59. The van der Waals surface area contributed by atoms with Crippen molar-refractivity contribution >= 4 is 17.5 Å². The Kier molecular flexibility index (Phi) is 5.01. The van der Waals surface area contributed by atoms with Gasteiger partial charge in [0.1, 0.15) is 29.4 Å². The molecule has 0 unspecified atom stereocenters. The number of aromatic nitrogens is 1. The van der Waals surface area contributed by atoms with Gasteiger partial charge in [0.2, 0.25) is 0 Å². The molecule has 37 heavy (non-hydrogen) atoms. The number of ether oxygens (including phenoxy) is 3. The lowest BCUT2D eigenvalue weighted by atomic mass is 9.51. The fourth-order valence-electron chi connectivity index (χ4n) is 6.59. The fraction of sp³-hybridized carbons (Fsp3) is 0.379. The highest BCUT2D eigenvalue weighted by molar-refractivity contribution is 6.18. The molecule has 0 amide bonds. The van der Waals surface area contributed by atoms with Gasteiger partial charge in [-0.25, -0.2) is 9.78 Å². The van der Waals surface area contributed by atoms with Gasteiger partial charge in [-0.15, -0.1) is 0 Å². The molecule has 2 fully saturated rings. The number of carbonyl (C=O) groups excluding carboxylic acids is 3. The van der Waals surface area contributed by atoms with E-state index in [4.69, 9.17) is 14.2 Å². The summed E-state index contributed by atoms with van der Waals surface area (Å²) < 4.78 is 18.6. The van der Waals surface area contributed by atoms with E-state index in [0.29, 0.717) is 12.0 Å². The molecular formula is C29H27NO7. The van der Waals surface area contributed by atoms with Crippen LogP contribution >= 0.6 is 0 Å². The monoisotopic (exact) mass is 501 g/mol. The molecule has 8 nitrogen and oxygen atoms in total. The largest absolute Gasteiger partial charge is 0.507 e. The summed E-state index contributed by atoms with van der Waals surface area (Å²) in [5, 5.41) is 10.4. The summed E-state index contributed by atoms with van der Waals surface area (Å²) in [6, 6.07) is 9.71. The number of benzene rings is 1. The van der Waals surface area contributed by atoms with Crippen molar-refractivity contribution < 1.29 is 33.7 Å². The second-order valence-corrected chi connectivity index (χ2v) is 10.7. The summed E-state index contributed by atoms with van der Waals surface area (Å²) in [6.45, 7) is 5.68. The first kappa shape index (κ1) is 23.6. The Morgan fingerprint density at radius 1 is 1.22 bits per heavy atom. The Hall–Kier alpha value is -3.78. The van der Waals surface area contributed by atoms with Crippen molar-refractivity contribution in [3.05, 3.63) is 77.2 Å². The van der Waals surface area contributed by atoms with Crippen LogP contribution < -0.4 is 4.74 Å². The number of rotatable bonds is 5. The van der Waals surface area contributed by atoms with E-state index in [1.165, 1.54) is 12.3 Å². The minimum absolute atomic E-state index is 0.0160. The average molecular weight is 502 g/mol. The van der Waals surface area contributed by atoms with Gasteiger partial charge < -0.3 is 19.3 Å². The Labute approximate surface area is 213 Å². The third-order valence-corrected chi connectivity index (χ3v) is 8.15. The van der Waals surface area contributed by atoms with Gasteiger partial charge in [-0.2, -0.15) is 0 Å². The lowest BCUT2D eigenvalue weighted by molar-refractivity contribution is -0.171. The van der Waals surface area contributed by atoms with Crippen molar-refractivity contribution in [3.63, 3.8) is 0 Å². The van der Waals surface area contributed by atoms with Crippen LogP contribution in [0.4, 0.5) is 0 Å². The van der Waals surface area contributed by atoms with Crippen LogP contribution in [0.3, 0.4) is 0 Å². The number of allylic oxidation sites excluding steroid dienone is 1. The van der Waals surface area contributed by atoms with Crippen LogP contribution in [0.5, 0.6) is 11.5 Å². The molecule has 3 heterocycles. The smallest absolute Gasteiger partial charge is 0.357 e. The van der Waals surface area contributed by atoms with Gasteiger partial charge in [0.25, 0.3) is 0 Å². The molecule has 0 radical (unpaired) electrons. The van der Waals surface area contributed by atoms with Crippen LogP contribution in [0.15, 0.2) is 65.9 Å². The zero-order valence-electron chi connectivity index (χ0n) is 20.8. The topological polar surface area (TPSA) is 112 Å². The molecule has 7 rings (SSSR count). The van der Waals surface area contributed by atoms with Crippen LogP contribution in [0, 0.1) is 11.8 Å². The Morgan fingerprint density at radius 3 is 2.78 bits per heavy atom. The summed E-state index contributed by atoms with van der Waals surface area (Å²) in [4.78, 5) is 44.0. The molecule has 4 bridgehead atoms. The van der Waals surface area contributed by atoms with Crippen LogP contribution in [-0.2, 0) is 14.3 Å². The minimum Gasteiger partial charge on any atom is -0.507 e. The second kappa shape index (κ2) is 7.86. The standard InChI is InChI=1S/C29H27NO7/c1-16(15-35-26(34)19-7-4-5-12-30-19)10-11-28-25(33)17-13-18-24(32)23-20(31)8-6-9-21(23)36-29(18,28)22(14-17)27(2,3)37-28/h4-10,12-13,17,22,31H,11,14-15H2,1-3H3/b16-10-/t17-,22+,28+,29-/m1/s1. The first-order valence-electron chi connectivity index (χ1n) is 12.4. The molecule has 5 aliphatic rings. The minimum atomic E-state index is -1.43. The van der Waals surface area contributed by atoms with E-state index in [1.807, 2.05) is 19.9 Å². The van der Waals surface area contributed by atoms with Crippen molar-refractivity contribution in [1.82, 2.24) is 4.98 Å². The number of esters is 1. The van der Waals surface area contributed by atoms with Gasteiger partial charge in [-0.1, -0.05) is 24.3 Å². The van der Waals surface area contributed by atoms with Crippen molar-refractivity contribution in [3.8, 4) is 11.5 Å². The summed E-state index contributed by atoms with van der Waals surface area (Å²) in [5.74, 6) is -1.65. The summed E-state index contributed by atoms with van der Waals surface area (Å²) in [6.07, 6.45) is 5.72. The molecule has 2 aromatic rings. The zero-order valence-corrected chi connectivity index (χ0v) is 20.8. The van der Waals surface area contributed by atoms with E-state index < -0.39 is 28.7 Å². The maximum atomic E-state index is 13.9. The number of fused-ring (bicyclic) bond motifs is 1. The number of phenolic OH excluding ortho intramolecular Hbond substituents is 1. The van der Waals surface area contributed by atoms with Gasteiger partial charge >= 0.3 is 5.97 Å². The number of phenols is 1. The quantitative estimate of drug-likeness (QED) is 0.484. The van der Waals surface area contributed by atoms with Crippen molar-refractivity contribution in [2.24, 2.45) is 11.8 Å². The average Bonchev–Trinajstić information content (AvgIpc) is 3.03. The number of pyridine rings is 1. The number of nitrogens with zero attached hydrogens (tertiary/aromatic N) is 1. The van der Waals surface area contributed by atoms with E-state index in [-0.39, 0.29) is 53.3 Å². The third kappa shape index (κ3) is 3.11. The van der Waals surface area contributed by atoms with Gasteiger partial charge in [0.15, 0.2) is 22.8 Å². The predicted octanol–water partition coefficient (Wildman–Crippen LogP) is 3.99. The first-order valence-corrected chi connectivity index (χ1v) is 12.4. The molecule has 1 saturated heterocycles. The lowest BCUT2D eigenvalue weighted by Crippen LogP contribution is -2.72. The van der Waals surface area contributed by atoms with Gasteiger partial charge in [-0.3, -0.25) is 9.59 Å². The molecule has 2 aliphatic heterocycles. The summed E-state index contributed by atoms with van der Waals surface area (Å²) in [5.41, 5.74) is -2.07. The lowest BCUT2D eigenvalue weighted by Gasteiger charge is -2.56. The first-order chi connectivity index (χ1) is 17.6. The van der Waals surface area contributed by atoms with Crippen LogP contribution in [0.25, 0.3) is 0 Å². The Morgan fingerprint density at radius 2 is 2.03 bits per heavy atom. The number of aromatic hydroxyl groups is 1. The van der Waals surface area contributed by atoms with Crippen LogP contribution in [0.1, 0.15) is 54.5 Å². The summed E-state index contributed by atoms with van der Waals surface area (Å²) in [7, 11) is 0. The van der Waals surface area contributed by atoms with E-state index >= 15 is 0 Å². The van der Waals surface area contributed by atoms with Crippen molar-refractivity contribution in [2.45, 2.75) is 50.4 Å². The number of carbonyl (C=O) groups is 3. The SMILES string of the molecule is C/C(=C/C[C@@]12OC(C)(C)[C@@H]3C[C@@H](C=C4C(=O)c5c(O)cccc5O[C@]431)C2=O)COC(=O)c1ccccn1. The van der Waals surface area contributed by atoms with Gasteiger partial charge in [0, 0.05) is 30.0 Å². The Balaban J connectivity index is 1.37. The molecule has 1 N–H and O–H groups in total. The molecule has 1 spiro atoms. The molecule has 190 valence electrons. The maximum Gasteiger partial charge on any atom is 0.357 e. The highest BCUT2D eigenvalue weighted by Crippen LogP contribution is 2.67. The maximum absolute atomic E-state index is 13.9. The molecule has 1 aromatic carbocycles. The Bertz CT molecular complexity index is 1410. The molecule has 3 aliphatic carbocycles. The second-order valence-electron chi connectivity index (χ2n) is 10.7. The van der Waals surface area contributed by atoms with E-state index in [2.05, 4.69) is 4.98 Å². The molecule has 8 heteroatoms. The highest BCUT2D eigenvalue weighted by atomic mass is 16.6. The number of hydrogen-bond acceptors (Lipinski definition) is 8. The predicted molar refractivity (Wildman–Crippen MR) is 131 cm³/mol. The number of hydrogen-bond donors (Lipinski definition) is 1. The van der Waals surface area contributed by atoms with E-state index in [0.717, 1.165) is 5.57 Å². The molecule has 1 aromatic heterocycles. The number of Topliss-reactive ketones (excluding diaryl/α,β-unsaturated/α-hetero) is 2. The zero-order chi connectivity index (χ0) is 26.2. The van der Waals surface area contributed by atoms with Crippen LogP contribution in [0.2, 0.25) is 0 Å². The summed E-state index contributed by atoms with van der Waals surface area (Å²) >= 11 is 0. The third-order valence-electron chi connectivity index (χ3n) is 8.15. The van der Waals surface area contributed by atoms with Gasteiger partial charge in [0.05, 0.1) is 5.60 Å². The highest BCUT2D eigenvalue weighted by Gasteiger charge is 2.81. The van der Waals surface area contributed by atoms with Crippen LogP contribution in [-0.4, -0.2) is 51.0 Å². The van der Waals surface area contributed by atoms with Crippen molar-refractivity contribution in [1.29, 1.82) is 0 Å². The molecular weight excluding hydrogens is 474 g/mol. The van der Waals surface area contributed by atoms with Gasteiger partial charge in [-0.05, 0) is 57.0 Å². The van der Waals surface area contributed by atoms with Crippen molar-refractivity contribution in [2.75, 3.05) is 6.61 Å². The number of ketones is 2. The molecule has 4 atom stereocenters. The molecule has 1 saturated carbocycles. The normalized spacial score (nSPS) is 30.8. The van der Waals surface area contributed by atoms with E-state index in [1.54, 1.807) is 43.3 Å². The van der Waals surface area contributed by atoms with E-state index in [9.17, 15) is 19.5 Å².